The van der Waals surface area contributed by atoms with Gasteiger partial charge in [-0.2, -0.15) is 0 Å². The van der Waals surface area contributed by atoms with E-state index in [2.05, 4.69) is 4.74 Å². The minimum absolute atomic E-state index is 0.0991. The molecule has 1 atom stereocenters. The Labute approximate surface area is 219 Å². The van der Waals surface area contributed by atoms with Gasteiger partial charge >= 0.3 is 12.3 Å². The number of rotatable bonds is 8. The number of ketones is 1. The van der Waals surface area contributed by atoms with Crippen LogP contribution in [0.25, 0.3) is 16.6 Å². The number of aromatic nitrogens is 1. The number of carboxylic acid groups (broad SMARTS) is 1. The summed E-state index contributed by atoms with van der Waals surface area (Å²) in [7, 11) is 0. The Balaban J connectivity index is 1.94. The van der Waals surface area contributed by atoms with E-state index >= 15 is 0 Å². The Hall–Kier alpha value is -4.05. The van der Waals surface area contributed by atoms with Gasteiger partial charge in [0.25, 0.3) is 0 Å². The lowest BCUT2D eigenvalue weighted by Gasteiger charge is -2.16. The molecule has 11 heteroatoms. The molecule has 6 nitrogen and oxygen atoms in total. The molecule has 0 saturated carbocycles. The molecule has 1 aromatic heterocycles. The summed E-state index contributed by atoms with van der Waals surface area (Å²) in [5.41, 5.74) is 0.976. The zero-order valence-corrected chi connectivity index (χ0v) is 20.7. The fraction of sp³-hybridized carbons (Fsp3) is 0.185. The van der Waals surface area contributed by atoms with E-state index in [0.29, 0.717) is 16.1 Å². The first kappa shape index (κ1) is 27.0. The summed E-state index contributed by atoms with van der Waals surface area (Å²) in [5.74, 6) is -3.11. The zero-order chi connectivity index (χ0) is 27.8. The van der Waals surface area contributed by atoms with E-state index in [1.165, 1.54) is 41.0 Å². The highest BCUT2D eigenvalue weighted by atomic mass is 35.5. The summed E-state index contributed by atoms with van der Waals surface area (Å²) in [6.07, 6.45) is -6.11. The lowest BCUT2D eigenvalue weighted by atomic mass is 10.0. The average Bonchev–Trinajstić information content (AvgIpc) is 3.11. The maximum absolute atomic E-state index is 14.7. The number of hydrogen-bond acceptors (Lipinski definition) is 4. The van der Waals surface area contributed by atoms with Crippen molar-refractivity contribution in [1.29, 1.82) is 0 Å². The predicted octanol–water partition coefficient (Wildman–Crippen LogP) is 7.10. The molecule has 4 aromatic rings. The largest absolute Gasteiger partial charge is 0.573 e. The molecule has 0 radical (unpaired) electrons. The summed E-state index contributed by atoms with van der Waals surface area (Å²) in [6, 6.07) is 13.0. The minimum atomic E-state index is -4.96. The van der Waals surface area contributed by atoms with Gasteiger partial charge < -0.3 is 19.1 Å². The quantitative estimate of drug-likeness (QED) is 0.187. The smallest absolute Gasteiger partial charge is 0.479 e. The summed E-state index contributed by atoms with van der Waals surface area (Å²) < 4.78 is 64.4. The number of nitrogens with zero attached hydrogens (tertiary/aromatic N) is 1. The molecule has 0 fully saturated rings. The van der Waals surface area contributed by atoms with E-state index in [1.54, 1.807) is 13.8 Å². The van der Waals surface area contributed by atoms with Crippen LogP contribution in [0.3, 0.4) is 0 Å². The first-order chi connectivity index (χ1) is 17.9. The number of carbonyl (C=O) groups is 2. The molecular weight excluding hydrogens is 530 g/mol. The van der Waals surface area contributed by atoms with Crippen molar-refractivity contribution in [3.8, 4) is 17.2 Å². The number of benzene rings is 3. The monoisotopic (exact) mass is 549 g/mol. The third-order valence-electron chi connectivity index (χ3n) is 5.78. The van der Waals surface area contributed by atoms with Crippen molar-refractivity contribution >= 4 is 34.3 Å². The van der Waals surface area contributed by atoms with E-state index in [-0.39, 0.29) is 34.5 Å². The molecule has 0 amide bonds. The van der Waals surface area contributed by atoms with Crippen LogP contribution in [0.2, 0.25) is 5.02 Å². The van der Waals surface area contributed by atoms with Gasteiger partial charge in [0.1, 0.15) is 17.3 Å². The molecule has 1 N–H and O–H groups in total. The highest BCUT2D eigenvalue weighted by Crippen LogP contribution is 2.36. The second kappa shape index (κ2) is 10.4. The number of hydrogen-bond donors (Lipinski definition) is 1. The molecule has 0 aliphatic heterocycles. The van der Waals surface area contributed by atoms with Gasteiger partial charge in [0.05, 0.1) is 16.8 Å². The van der Waals surface area contributed by atoms with Crippen LogP contribution in [0.15, 0.2) is 60.7 Å². The maximum atomic E-state index is 14.7. The molecule has 198 valence electrons. The van der Waals surface area contributed by atoms with Crippen molar-refractivity contribution in [2.45, 2.75) is 32.7 Å². The van der Waals surface area contributed by atoms with Crippen LogP contribution in [0.1, 0.15) is 35.0 Å². The fourth-order valence-corrected chi connectivity index (χ4v) is 4.30. The summed E-state index contributed by atoms with van der Waals surface area (Å²) in [4.78, 5) is 24.9. The normalized spacial score (nSPS) is 12.4. The van der Waals surface area contributed by atoms with Crippen LogP contribution in [-0.4, -0.2) is 33.9 Å². The van der Waals surface area contributed by atoms with E-state index in [1.807, 2.05) is 0 Å². The van der Waals surface area contributed by atoms with Crippen LogP contribution in [-0.2, 0) is 4.79 Å². The SMILES string of the molecule is CC[C@@H](Oc1cc(F)cc(-n2c(C)c(C(=O)c3ccc(Cl)cc3)c3ccc(OC(F)(F)F)cc32)c1)C(=O)O. The first-order valence-corrected chi connectivity index (χ1v) is 11.7. The highest BCUT2D eigenvalue weighted by Gasteiger charge is 2.32. The Bertz CT molecular complexity index is 1530. The molecule has 4 rings (SSSR count). The third kappa shape index (κ3) is 5.60. The molecular formula is C27H20ClF4NO5. The van der Waals surface area contributed by atoms with Crippen molar-refractivity contribution in [1.82, 2.24) is 4.57 Å². The summed E-state index contributed by atoms with van der Waals surface area (Å²) >= 11 is 5.93. The zero-order valence-electron chi connectivity index (χ0n) is 20.0. The average molecular weight is 550 g/mol. The first-order valence-electron chi connectivity index (χ1n) is 11.3. The van der Waals surface area contributed by atoms with Crippen molar-refractivity contribution in [2.75, 3.05) is 0 Å². The molecule has 38 heavy (non-hydrogen) atoms. The van der Waals surface area contributed by atoms with Gasteiger partial charge in [0, 0.05) is 39.9 Å². The molecule has 0 bridgehead atoms. The van der Waals surface area contributed by atoms with Crippen molar-refractivity contribution < 1.29 is 41.7 Å². The van der Waals surface area contributed by atoms with E-state index in [9.17, 15) is 32.3 Å². The Kier molecular flexibility index (Phi) is 7.37. The maximum Gasteiger partial charge on any atom is 0.573 e. The molecule has 1 heterocycles. The van der Waals surface area contributed by atoms with Gasteiger partial charge in [0.15, 0.2) is 11.9 Å². The molecule has 3 aromatic carbocycles. The van der Waals surface area contributed by atoms with E-state index in [0.717, 1.165) is 24.3 Å². The van der Waals surface area contributed by atoms with Crippen molar-refractivity contribution in [3.63, 3.8) is 0 Å². The number of fused-ring (bicyclic) bond motifs is 1. The van der Waals surface area contributed by atoms with Gasteiger partial charge in [-0.15, -0.1) is 13.2 Å². The summed E-state index contributed by atoms with van der Waals surface area (Å²) in [5, 5.41) is 10.0. The number of carboxylic acids is 1. The van der Waals surface area contributed by atoms with Gasteiger partial charge in [0.2, 0.25) is 0 Å². The lowest BCUT2D eigenvalue weighted by molar-refractivity contribution is -0.274. The molecule has 0 spiro atoms. The number of ether oxygens (including phenoxy) is 2. The third-order valence-corrected chi connectivity index (χ3v) is 6.03. The van der Waals surface area contributed by atoms with Crippen LogP contribution >= 0.6 is 11.6 Å². The van der Waals surface area contributed by atoms with Crippen molar-refractivity contribution in [3.05, 3.63) is 88.3 Å². The van der Waals surface area contributed by atoms with Crippen LogP contribution < -0.4 is 9.47 Å². The van der Waals surface area contributed by atoms with Crippen LogP contribution in [0.4, 0.5) is 17.6 Å². The molecule has 0 aliphatic rings. The number of halogens is 5. The second-order valence-electron chi connectivity index (χ2n) is 8.36. The standard InChI is InChI=1S/C27H20ClF4NO5/c1-3-23(26(35)36)37-20-11-17(29)10-18(12-20)33-14(2)24(25(34)15-4-6-16(28)7-5-15)21-9-8-19(13-22(21)33)38-27(30,31)32/h4-13,23H,3H2,1-2H3,(H,35,36)/t23-/m1/s1. The highest BCUT2D eigenvalue weighted by molar-refractivity contribution is 6.30. The number of aliphatic carboxylic acids is 1. The van der Waals surface area contributed by atoms with Crippen LogP contribution in [0.5, 0.6) is 11.5 Å². The van der Waals surface area contributed by atoms with Gasteiger partial charge in [-0.1, -0.05) is 18.5 Å². The Morgan fingerprint density at radius 1 is 1.03 bits per heavy atom. The minimum Gasteiger partial charge on any atom is -0.479 e. The molecule has 0 saturated heterocycles. The van der Waals surface area contributed by atoms with Gasteiger partial charge in [-0.05, 0) is 55.8 Å². The fourth-order valence-electron chi connectivity index (χ4n) is 4.18. The topological polar surface area (TPSA) is 77.8 Å². The van der Waals surface area contributed by atoms with E-state index in [4.69, 9.17) is 16.3 Å². The predicted molar refractivity (Wildman–Crippen MR) is 132 cm³/mol. The lowest BCUT2D eigenvalue weighted by Crippen LogP contribution is -2.26. The number of alkyl halides is 3. The number of carbonyl (C=O) groups excluding carboxylic acids is 1. The van der Waals surface area contributed by atoms with Crippen LogP contribution in [0, 0.1) is 12.7 Å². The second-order valence-corrected chi connectivity index (χ2v) is 8.79. The molecule has 0 unspecified atom stereocenters. The van der Waals surface area contributed by atoms with Gasteiger partial charge in [-0.25, -0.2) is 9.18 Å². The van der Waals surface area contributed by atoms with Crippen molar-refractivity contribution in [2.24, 2.45) is 0 Å². The Morgan fingerprint density at radius 3 is 2.32 bits per heavy atom. The summed E-state index contributed by atoms with van der Waals surface area (Å²) in [6.45, 7) is 3.14. The van der Waals surface area contributed by atoms with Gasteiger partial charge in [-0.3, -0.25) is 4.79 Å². The van der Waals surface area contributed by atoms with E-state index < -0.39 is 35.8 Å². The Morgan fingerprint density at radius 2 is 1.71 bits per heavy atom. The molecule has 0 aliphatic carbocycles.